The SMILES string of the molecule is CC1(CC(F)(F)S(=O)(=O)O)CC2CCCC(C2)C1. The third-order valence-corrected chi connectivity index (χ3v) is 5.36. The molecule has 0 heterocycles. The molecular formula is C12H20F2O3S. The Hall–Kier alpha value is -0.230. The third-order valence-electron chi connectivity index (χ3n) is 4.46. The second-order valence-electron chi connectivity index (χ2n) is 6.41. The second-order valence-corrected chi connectivity index (χ2v) is 7.95. The summed E-state index contributed by atoms with van der Waals surface area (Å²) in [6.45, 7) is 1.73. The van der Waals surface area contributed by atoms with Crippen molar-refractivity contribution in [1.29, 1.82) is 0 Å². The minimum atomic E-state index is -5.30. The van der Waals surface area contributed by atoms with Gasteiger partial charge in [-0.05, 0) is 36.5 Å². The van der Waals surface area contributed by atoms with Crippen molar-refractivity contribution in [3.05, 3.63) is 0 Å². The van der Waals surface area contributed by atoms with Crippen LogP contribution in [0.3, 0.4) is 0 Å². The fraction of sp³-hybridized carbons (Fsp3) is 1.00. The molecule has 2 rings (SSSR count). The van der Waals surface area contributed by atoms with Crippen molar-refractivity contribution in [2.45, 2.75) is 57.1 Å². The highest BCUT2D eigenvalue weighted by atomic mass is 32.2. The molecule has 0 aromatic heterocycles. The first-order valence-electron chi connectivity index (χ1n) is 6.46. The van der Waals surface area contributed by atoms with Crippen molar-refractivity contribution < 1.29 is 21.8 Å². The Kier molecular flexibility index (Phi) is 3.47. The summed E-state index contributed by atoms with van der Waals surface area (Å²) >= 11 is 0. The number of halogens is 2. The molecule has 2 unspecified atom stereocenters. The fourth-order valence-corrected chi connectivity index (χ4v) is 4.51. The van der Waals surface area contributed by atoms with Crippen LogP contribution in [0.5, 0.6) is 0 Å². The molecule has 106 valence electrons. The smallest absolute Gasteiger partial charge is 0.281 e. The van der Waals surface area contributed by atoms with Gasteiger partial charge in [0.2, 0.25) is 0 Å². The first-order valence-corrected chi connectivity index (χ1v) is 7.90. The number of hydrogen-bond acceptors (Lipinski definition) is 2. The molecule has 1 N–H and O–H groups in total. The van der Waals surface area contributed by atoms with Gasteiger partial charge in [0.05, 0.1) is 0 Å². The van der Waals surface area contributed by atoms with Gasteiger partial charge in [-0.1, -0.05) is 26.2 Å². The van der Waals surface area contributed by atoms with E-state index in [-0.39, 0.29) is 0 Å². The van der Waals surface area contributed by atoms with Gasteiger partial charge >= 0.3 is 15.4 Å². The van der Waals surface area contributed by atoms with Crippen molar-refractivity contribution in [2.75, 3.05) is 0 Å². The Morgan fingerprint density at radius 3 is 2.22 bits per heavy atom. The van der Waals surface area contributed by atoms with Crippen LogP contribution < -0.4 is 0 Å². The van der Waals surface area contributed by atoms with Gasteiger partial charge < -0.3 is 0 Å². The highest BCUT2D eigenvalue weighted by molar-refractivity contribution is 7.86. The van der Waals surface area contributed by atoms with Crippen LogP contribution in [0, 0.1) is 17.3 Å². The molecule has 0 aromatic rings. The van der Waals surface area contributed by atoms with Crippen LogP contribution in [0.2, 0.25) is 0 Å². The molecule has 0 aliphatic heterocycles. The lowest BCUT2D eigenvalue weighted by atomic mass is 9.60. The average molecular weight is 282 g/mol. The summed E-state index contributed by atoms with van der Waals surface area (Å²) in [5.74, 6) is 0.888. The van der Waals surface area contributed by atoms with Gasteiger partial charge in [0.1, 0.15) is 0 Å². The second kappa shape index (κ2) is 4.40. The fourth-order valence-electron chi connectivity index (χ4n) is 3.98. The molecule has 2 saturated carbocycles. The zero-order valence-electron chi connectivity index (χ0n) is 10.5. The van der Waals surface area contributed by atoms with E-state index in [1.54, 1.807) is 6.92 Å². The van der Waals surface area contributed by atoms with E-state index in [0.29, 0.717) is 24.7 Å². The predicted molar refractivity (Wildman–Crippen MR) is 63.9 cm³/mol. The van der Waals surface area contributed by atoms with Gasteiger partial charge in [0.15, 0.2) is 0 Å². The van der Waals surface area contributed by atoms with Gasteiger partial charge in [-0.15, -0.1) is 0 Å². The van der Waals surface area contributed by atoms with Gasteiger partial charge in [-0.25, -0.2) is 0 Å². The molecule has 2 aliphatic carbocycles. The Labute approximate surface area is 107 Å². The maximum Gasteiger partial charge on any atom is 0.370 e. The number of hydrogen-bond donors (Lipinski definition) is 1. The standard InChI is InChI=1S/C12H20F2O3S/c1-11(8-12(13,14)18(15,16)17)6-9-3-2-4-10(5-9)7-11/h9-10H,2-8H2,1H3,(H,15,16,17). The molecule has 2 fully saturated rings. The summed E-state index contributed by atoms with van der Waals surface area (Å²) in [7, 11) is -5.30. The minimum absolute atomic E-state index is 0.444. The molecule has 0 saturated heterocycles. The summed E-state index contributed by atoms with van der Waals surface area (Å²) in [5, 5.41) is -4.02. The Bertz CT molecular complexity index is 407. The topological polar surface area (TPSA) is 54.4 Å². The lowest BCUT2D eigenvalue weighted by Gasteiger charge is -2.46. The highest BCUT2D eigenvalue weighted by Gasteiger charge is 2.51. The maximum atomic E-state index is 13.5. The van der Waals surface area contributed by atoms with Gasteiger partial charge in [-0.3, -0.25) is 4.55 Å². The summed E-state index contributed by atoms with van der Waals surface area (Å²) in [4.78, 5) is 0. The predicted octanol–water partition coefficient (Wildman–Crippen LogP) is 3.46. The minimum Gasteiger partial charge on any atom is -0.281 e. The summed E-state index contributed by atoms with van der Waals surface area (Å²) in [6, 6.07) is 0. The third kappa shape index (κ3) is 2.85. The molecule has 0 amide bonds. The van der Waals surface area contributed by atoms with E-state index in [1.807, 2.05) is 0 Å². The van der Waals surface area contributed by atoms with Crippen molar-refractivity contribution in [2.24, 2.45) is 17.3 Å². The number of fused-ring (bicyclic) bond motifs is 2. The molecule has 2 aliphatic rings. The largest absolute Gasteiger partial charge is 0.370 e. The van der Waals surface area contributed by atoms with Crippen molar-refractivity contribution in [1.82, 2.24) is 0 Å². The number of rotatable bonds is 3. The van der Waals surface area contributed by atoms with Gasteiger partial charge in [0, 0.05) is 6.42 Å². The highest BCUT2D eigenvalue weighted by Crippen LogP contribution is 2.52. The van der Waals surface area contributed by atoms with E-state index in [4.69, 9.17) is 4.55 Å². The van der Waals surface area contributed by atoms with Crippen LogP contribution in [-0.2, 0) is 10.1 Å². The molecule has 3 nitrogen and oxygen atoms in total. The first-order chi connectivity index (χ1) is 8.11. The average Bonchev–Trinajstić information content (AvgIpc) is 2.12. The van der Waals surface area contributed by atoms with Crippen LogP contribution in [0.1, 0.15) is 51.9 Å². The van der Waals surface area contributed by atoms with Crippen LogP contribution in [0.4, 0.5) is 8.78 Å². The summed E-state index contributed by atoms with van der Waals surface area (Å²) < 4.78 is 57.1. The van der Waals surface area contributed by atoms with Crippen LogP contribution in [-0.4, -0.2) is 18.2 Å². The summed E-state index contributed by atoms with van der Waals surface area (Å²) in [5.41, 5.74) is -0.673. The summed E-state index contributed by atoms with van der Waals surface area (Å²) in [6.07, 6.45) is 4.90. The van der Waals surface area contributed by atoms with E-state index in [0.717, 1.165) is 25.7 Å². The van der Waals surface area contributed by atoms with Crippen LogP contribution in [0.15, 0.2) is 0 Å². The zero-order valence-corrected chi connectivity index (χ0v) is 11.3. The lowest BCUT2D eigenvalue weighted by molar-refractivity contribution is -0.0191. The van der Waals surface area contributed by atoms with Gasteiger partial charge in [-0.2, -0.15) is 17.2 Å². The normalized spacial score (nSPS) is 37.6. The molecule has 18 heavy (non-hydrogen) atoms. The van der Waals surface area contributed by atoms with E-state index in [9.17, 15) is 17.2 Å². The Morgan fingerprint density at radius 1 is 1.28 bits per heavy atom. The Morgan fingerprint density at radius 2 is 1.78 bits per heavy atom. The van der Waals surface area contributed by atoms with Crippen LogP contribution in [0.25, 0.3) is 0 Å². The van der Waals surface area contributed by atoms with E-state index >= 15 is 0 Å². The molecule has 2 atom stereocenters. The maximum absolute atomic E-state index is 13.5. The van der Waals surface area contributed by atoms with Crippen LogP contribution >= 0.6 is 0 Å². The molecule has 0 aromatic carbocycles. The molecule has 0 radical (unpaired) electrons. The molecular weight excluding hydrogens is 262 g/mol. The van der Waals surface area contributed by atoms with Gasteiger partial charge in [0.25, 0.3) is 0 Å². The van der Waals surface area contributed by atoms with E-state index in [1.165, 1.54) is 0 Å². The Balaban J connectivity index is 2.13. The van der Waals surface area contributed by atoms with Crippen molar-refractivity contribution in [3.63, 3.8) is 0 Å². The number of alkyl halides is 2. The van der Waals surface area contributed by atoms with E-state index < -0.39 is 27.2 Å². The quantitative estimate of drug-likeness (QED) is 0.806. The zero-order chi connectivity index (χ0) is 13.6. The first kappa shape index (κ1) is 14.2. The van der Waals surface area contributed by atoms with Crippen molar-refractivity contribution >= 4 is 10.1 Å². The molecule has 0 spiro atoms. The molecule has 6 heteroatoms. The monoisotopic (exact) mass is 282 g/mol. The molecule has 2 bridgehead atoms. The van der Waals surface area contributed by atoms with E-state index in [2.05, 4.69) is 0 Å². The lowest BCUT2D eigenvalue weighted by Crippen LogP contribution is -2.40. The van der Waals surface area contributed by atoms with Crippen molar-refractivity contribution in [3.8, 4) is 0 Å².